The van der Waals surface area contributed by atoms with Crippen LogP contribution in [0.25, 0.3) is 22.4 Å². The number of fused-ring (bicyclic) bond motifs is 4. The van der Waals surface area contributed by atoms with Gasteiger partial charge in [-0.25, -0.2) is 4.98 Å². The highest BCUT2D eigenvalue weighted by molar-refractivity contribution is 5.82. The highest BCUT2D eigenvalue weighted by Crippen LogP contribution is 2.43. The monoisotopic (exact) mass is 333 g/mol. The lowest BCUT2D eigenvalue weighted by Gasteiger charge is -2.37. The molecule has 2 fully saturated rings. The lowest BCUT2D eigenvalue weighted by atomic mass is 9.91. The van der Waals surface area contributed by atoms with Crippen LogP contribution in [0.1, 0.15) is 49.9 Å². The Morgan fingerprint density at radius 2 is 1.96 bits per heavy atom. The van der Waals surface area contributed by atoms with E-state index in [4.69, 9.17) is 9.40 Å². The van der Waals surface area contributed by atoms with Gasteiger partial charge in [-0.2, -0.15) is 0 Å². The van der Waals surface area contributed by atoms with Crippen LogP contribution in [0.15, 0.2) is 41.0 Å². The molecule has 2 aromatic heterocycles. The van der Waals surface area contributed by atoms with Crippen molar-refractivity contribution in [1.82, 2.24) is 14.5 Å². The molecule has 3 aliphatic heterocycles. The van der Waals surface area contributed by atoms with Gasteiger partial charge in [-0.1, -0.05) is 6.42 Å². The van der Waals surface area contributed by atoms with E-state index in [0.29, 0.717) is 12.0 Å². The Bertz CT molecular complexity index is 922. The first kappa shape index (κ1) is 14.1. The number of rotatable bonds is 2. The molecule has 0 spiro atoms. The lowest BCUT2D eigenvalue weighted by Crippen LogP contribution is -2.42. The molecule has 0 amide bonds. The summed E-state index contributed by atoms with van der Waals surface area (Å²) in [6, 6.07) is 12.0. The van der Waals surface area contributed by atoms with Crippen LogP contribution in [0.4, 0.5) is 0 Å². The van der Waals surface area contributed by atoms with Crippen LogP contribution < -0.4 is 0 Å². The summed E-state index contributed by atoms with van der Waals surface area (Å²) >= 11 is 0. The number of hydrogen-bond acceptors (Lipinski definition) is 3. The van der Waals surface area contributed by atoms with E-state index in [1.54, 1.807) is 6.26 Å². The number of benzene rings is 1. The fraction of sp³-hybridized carbons (Fsp3) is 0.476. The first-order valence-electron chi connectivity index (χ1n) is 9.66. The van der Waals surface area contributed by atoms with Crippen LogP contribution in [0.3, 0.4) is 0 Å². The zero-order chi connectivity index (χ0) is 16.4. The Balaban J connectivity index is 1.44. The third-order valence-electron chi connectivity index (χ3n) is 6.59. The van der Waals surface area contributed by atoms with Gasteiger partial charge < -0.3 is 8.98 Å². The highest BCUT2D eigenvalue weighted by Gasteiger charge is 2.39. The molecule has 1 aliphatic carbocycles. The van der Waals surface area contributed by atoms with E-state index in [2.05, 4.69) is 27.7 Å². The van der Waals surface area contributed by atoms with Crippen LogP contribution in [0.2, 0.25) is 0 Å². The maximum atomic E-state index is 5.56. The predicted molar refractivity (Wildman–Crippen MR) is 97.7 cm³/mol. The Labute approximate surface area is 147 Å². The molecular weight excluding hydrogens is 310 g/mol. The smallest absolute Gasteiger partial charge is 0.133 e. The van der Waals surface area contributed by atoms with E-state index < -0.39 is 0 Å². The molecule has 2 atom stereocenters. The van der Waals surface area contributed by atoms with Crippen molar-refractivity contribution in [3.8, 4) is 11.3 Å². The molecule has 25 heavy (non-hydrogen) atoms. The molecule has 3 aromatic rings. The summed E-state index contributed by atoms with van der Waals surface area (Å²) in [5.41, 5.74) is 3.54. The number of hydrogen-bond donors (Lipinski definition) is 0. The molecule has 4 aliphatic rings. The molecule has 0 radical (unpaired) electrons. The Kier molecular flexibility index (Phi) is 2.95. The number of nitrogens with zero attached hydrogens (tertiary/aromatic N) is 3. The largest absolute Gasteiger partial charge is 0.464 e. The van der Waals surface area contributed by atoms with E-state index in [1.165, 1.54) is 56.5 Å². The SMILES string of the molecule is c1coc(-c2ccc3c(c2)nc2n3C3CCC2CN(C2CCC2)C3)c1. The second-order valence-corrected chi connectivity index (χ2v) is 7.99. The molecule has 7 rings (SSSR count). The maximum absolute atomic E-state index is 5.56. The van der Waals surface area contributed by atoms with Gasteiger partial charge in [0.25, 0.3) is 0 Å². The fourth-order valence-corrected chi connectivity index (χ4v) is 5.06. The number of imidazole rings is 1. The van der Waals surface area contributed by atoms with E-state index in [1.807, 2.05) is 12.1 Å². The van der Waals surface area contributed by atoms with Gasteiger partial charge in [-0.15, -0.1) is 0 Å². The Hall–Kier alpha value is -2.07. The average molecular weight is 333 g/mol. The van der Waals surface area contributed by atoms with E-state index in [0.717, 1.165) is 22.9 Å². The quantitative estimate of drug-likeness (QED) is 0.688. The van der Waals surface area contributed by atoms with Crippen molar-refractivity contribution in [2.75, 3.05) is 13.1 Å². The summed E-state index contributed by atoms with van der Waals surface area (Å²) in [6.45, 7) is 2.41. The van der Waals surface area contributed by atoms with Crippen molar-refractivity contribution in [2.24, 2.45) is 0 Å². The van der Waals surface area contributed by atoms with E-state index in [9.17, 15) is 0 Å². The van der Waals surface area contributed by atoms with Crippen LogP contribution in [0.5, 0.6) is 0 Å². The average Bonchev–Trinajstić information content (AvgIpc) is 3.15. The van der Waals surface area contributed by atoms with E-state index in [-0.39, 0.29) is 0 Å². The second kappa shape index (κ2) is 5.21. The molecule has 128 valence electrons. The molecule has 1 saturated carbocycles. The van der Waals surface area contributed by atoms with Crippen LogP contribution >= 0.6 is 0 Å². The molecule has 5 heterocycles. The zero-order valence-corrected chi connectivity index (χ0v) is 14.4. The maximum Gasteiger partial charge on any atom is 0.133 e. The van der Waals surface area contributed by atoms with Gasteiger partial charge in [0.15, 0.2) is 0 Å². The number of aromatic nitrogens is 2. The number of furan rings is 1. The van der Waals surface area contributed by atoms with Gasteiger partial charge in [0, 0.05) is 36.7 Å². The van der Waals surface area contributed by atoms with Crippen molar-refractivity contribution in [3.05, 3.63) is 42.4 Å². The first-order chi connectivity index (χ1) is 12.4. The molecule has 0 N–H and O–H groups in total. The molecule has 2 bridgehead atoms. The Morgan fingerprint density at radius 3 is 2.76 bits per heavy atom. The summed E-state index contributed by atoms with van der Waals surface area (Å²) < 4.78 is 8.13. The second-order valence-electron chi connectivity index (χ2n) is 7.99. The molecule has 4 heteroatoms. The van der Waals surface area contributed by atoms with Crippen molar-refractivity contribution < 1.29 is 4.42 Å². The van der Waals surface area contributed by atoms with Gasteiger partial charge >= 0.3 is 0 Å². The molecule has 2 unspecified atom stereocenters. The summed E-state index contributed by atoms with van der Waals surface area (Å²) in [4.78, 5) is 7.87. The normalized spacial score (nSPS) is 26.6. The lowest BCUT2D eigenvalue weighted by molar-refractivity contribution is 0.121. The van der Waals surface area contributed by atoms with Gasteiger partial charge in [0.1, 0.15) is 11.6 Å². The Morgan fingerprint density at radius 1 is 1.00 bits per heavy atom. The summed E-state index contributed by atoms with van der Waals surface area (Å²) in [5, 5.41) is 0. The summed E-state index contributed by atoms with van der Waals surface area (Å²) in [5.74, 6) is 2.84. The topological polar surface area (TPSA) is 34.2 Å². The summed E-state index contributed by atoms with van der Waals surface area (Å²) in [6.07, 6.45) is 8.54. The van der Waals surface area contributed by atoms with Crippen LogP contribution in [0, 0.1) is 0 Å². The van der Waals surface area contributed by atoms with E-state index >= 15 is 0 Å². The van der Waals surface area contributed by atoms with Crippen molar-refractivity contribution in [3.63, 3.8) is 0 Å². The fourth-order valence-electron chi connectivity index (χ4n) is 5.06. The predicted octanol–water partition coefficient (Wildman–Crippen LogP) is 4.58. The molecule has 4 nitrogen and oxygen atoms in total. The molecule has 1 saturated heterocycles. The van der Waals surface area contributed by atoms with Crippen LogP contribution in [-0.2, 0) is 0 Å². The van der Waals surface area contributed by atoms with Gasteiger partial charge in [0.05, 0.1) is 17.3 Å². The molecular formula is C21H23N3O. The van der Waals surface area contributed by atoms with Crippen LogP contribution in [-0.4, -0.2) is 33.6 Å². The third kappa shape index (κ3) is 2.07. The van der Waals surface area contributed by atoms with Gasteiger partial charge in [0.2, 0.25) is 0 Å². The summed E-state index contributed by atoms with van der Waals surface area (Å²) in [7, 11) is 0. The standard InChI is InChI=1S/C21H23N3O/c1-3-16(4-1)23-12-15-6-8-17(13-23)24-19-9-7-14(20-5-2-10-25-20)11-18(19)22-21(15)24/h2,5,7,9-11,15-17H,1,3-4,6,8,12-13H2. The van der Waals surface area contributed by atoms with Crippen molar-refractivity contribution in [2.45, 2.75) is 50.1 Å². The minimum absolute atomic E-state index is 0.591. The van der Waals surface area contributed by atoms with Gasteiger partial charge in [-0.3, -0.25) is 4.90 Å². The highest BCUT2D eigenvalue weighted by atomic mass is 16.3. The van der Waals surface area contributed by atoms with Gasteiger partial charge in [-0.05, 0) is 56.0 Å². The third-order valence-corrected chi connectivity index (χ3v) is 6.59. The zero-order valence-electron chi connectivity index (χ0n) is 14.4. The molecule has 1 aromatic carbocycles. The minimum atomic E-state index is 0.591. The van der Waals surface area contributed by atoms with Crippen molar-refractivity contribution in [1.29, 1.82) is 0 Å². The minimum Gasteiger partial charge on any atom is -0.464 e. The van der Waals surface area contributed by atoms with Crippen molar-refractivity contribution >= 4 is 11.0 Å². The first-order valence-corrected chi connectivity index (χ1v) is 9.66.